The minimum atomic E-state index is -4.49. The average molecular weight is 483 g/mol. The molecule has 0 amide bonds. The second kappa shape index (κ2) is 17.1. The Labute approximate surface area is 225 Å². The van der Waals surface area contributed by atoms with Gasteiger partial charge in [0.15, 0.2) is 0 Å². The van der Waals surface area contributed by atoms with Crippen LogP contribution in [-0.4, -0.2) is 13.0 Å². The Morgan fingerprint density at radius 3 is 1.61 bits per heavy atom. The van der Waals surface area contributed by atoms with Crippen molar-refractivity contribution in [1.29, 1.82) is 0 Å². The fourth-order valence-electron chi connectivity index (χ4n) is 4.52. The smallest absolute Gasteiger partial charge is 0.744 e. The normalized spacial score (nSPS) is 11.6. The number of rotatable bonds is 17. The largest absolute Gasteiger partial charge is 1.00 e. The zero-order valence-corrected chi connectivity index (χ0v) is 24.1. The van der Waals surface area contributed by atoms with Crippen molar-refractivity contribution < 1.29 is 42.5 Å². The Kier molecular flexibility index (Phi) is 15.9. The predicted octanol–water partition coefficient (Wildman–Crippen LogP) is 5.33. The van der Waals surface area contributed by atoms with Crippen molar-refractivity contribution in [1.82, 2.24) is 0 Å². The van der Waals surface area contributed by atoms with E-state index in [-0.39, 0.29) is 34.5 Å². The van der Waals surface area contributed by atoms with Crippen molar-refractivity contribution in [2.45, 2.75) is 121 Å². The third-order valence-electron chi connectivity index (χ3n) is 6.45. The topological polar surface area (TPSA) is 57.2 Å². The van der Waals surface area contributed by atoms with Gasteiger partial charge >= 0.3 is 29.6 Å². The van der Waals surface area contributed by atoms with Gasteiger partial charge in [-0.1, -0.05) is 115 Å². The Morgan fingerprint density at radius 1 is 0.636 bits per heavy atom. The first-order valence-corrected chi connectivity index (χ1v) is 14.4. The molecule has 0 saturated heterocycles. The van der Waals surface area contributed by atoms with E-state index in [4.69, 9.17) is 0 Å². The van der Waals surface area contributed by atoms with Crippen LogP contribution in [0.2, 0.25) is 0 Å². The van der Waals surface area contributed by atoms with E-state index in [1.807, 2.05) is 12.1 Å². The van der Waals surface area contributed by atoms with E-state index in [1.165, 1.54) is 76.2 Å². The molecule has 0 fully saturated rings. The molecule has 0 aromatic heterocycles. The summed E-state index contributed by atoms with van der Waals surface area (Å²) >= 11 is 0. The van der Waals surface area contributed by atoms with E-state index in [2.05, 4.69) is 26.0 Å². The van der Waals surface area contributed by atoms with Gasteiger partial charge in [0, 0.05) is 0 Å². The molecule has 0 aliphatic carbocycles. The van der Waals surface area contributed by atoms with Crippen molar-refractivity contribution in [3.8, 4) is 0 Å². The summed E-state index contributed by atoms with van der Waals surface area (Å²) < 4.78 is 35.8. The van der Waals surface area contributed by atoms with Crippen LogP contribution >= 0.6 is 0 Å². The molecule has 33 heavy (non-hydrogen) atoms. The zero-order chi connectivity index (χ0) is 23.2. The van der Waals surface area contributed by atoms with Gasteiger partial charge in [-0.25, -0.2) is 8.42 Å². The van der Waals surface area contributed by atoms with Gasteiger partial charge in [0.1, 0.15) is 10.1 Å². The summed E-state index contributed by atoms with van der Waals surface area (Å²) in [7, 11) is -4.49. The zero-order valence-electron chi connectivity index (χ0n) is 21.3. The summed E-state index contributed by atoms with van der Waals surface area (Å²) in [5.74, 6) is 0. The van der Waals surface area contributed by atoms with Crippen molar-refractivity contribution in [2.75, 3.05) is 0 Å². The van der Waals surface area contributed by atoms with Crippen LogP contribution in [0.4, 0.5) is 0 Å². The molecule has 0 bridgehead atoms. The number of hydrogen-bond acceptors (Lipinski definition) is 3. The van der Waals surface area contributed by atoms with E-state index in [9.17, 15) is 13.0 Å². The Balaban J connectivity index is 0.00000544. The van der Waals surface area contributed by atoms with Crippen molar-refractivity contribution in [3.05, 3.63) is 41.5 Å². The van der Waals surface area contributed by atoms with Gasteiger partial charge in [-0.2, -0.15) is 0 Å². The standard InChI is InChI=1S/C28H44O3S.Na/c1-3-5-7-9-11-13-15-17-24-19-20-27-26(21-24)22-25(23-28(27)32(29,30)31)18-16-14-12-10-8-6-4-2;/h19-23H,3-18H2,1-2H3,(H,29,30,31);/q;+1/p-1. The molecule has 0 unspecified atom stereocenters. The van der Waals surface area contributed by atoms with Crippen LogP contribution in [0.5, 0.6) is 0 Å². The summed E-state index contributed by atoms with van der Waals surface area (Å²) in [6, 6.07) is 9.61. The monoisotopic (exact) mass is 482 g/mol. The first-order valence-electron chi connectivity index (χ1n) is 13.0. The maximum absolute atomic E-state index is 11.9. The van der Waals surface area contributed by atoms with Crippen LogP contribution in [0.15, 0.2) is 35.2 Å². The predicted molar refractivity (Wildman–Crippen MR) is 135 cm³/mol. The molecule has 2 aromatic carbocycles. The SMILES string of the molecule is CCCCCCCCCc1ccc2c(S(=O)(=O)[O-])cc(CCCCCCCCC)cc2c1.[Na+]. The minimum Gasteiger partial charge on any atom is -0.744 e. The van der Waals surface area contributed by atoms with E-state index in [1.54, 1.807) is 6.07 Å². The molecule has 180 valence electrons. The van der Waals surface area contributed by atoms with Crippen LogP contribution in [-0.2, 0) is 23.0 Å². The average Bonchev–Trinajstić information content (AvgIpc) is 2.76. The van der Waals surface area contributed by atoms with Gasteiger partial charge in [0.05, 0.1) is 4.90 Å². The molecule has 0 heterocycles. The summed E-state index contributed by atoms with van der Waals surface area (Å²) in [6.45, 7) is 4.46. The van der Waals surface area contributed by atoms with Gasteiger partial charge < -0.3 is 4.55 Å². The summed E-state index contributed by atoms with van der Waals surface area (Å²) in [5.41, 5.74) is 2.20. The molecule has 0 N–H and O–H groups in total. The van der Waals surface area contributed by atoms with Crippen molar-refractivity contribution in [2.24, 2.45) is 0 Å². The Bertz CT molecular complexity index is 903. The van der Waals surface area contributed by atoms with Crippen LogP contribution in [0.25, 0.3) is 10.8 Å². The molecular weight excluding hydrogens is 439 g/mol. The van der Waals surface area contributed by atoms with Crippen LogP contribution in [0, 0.1) is 0 Å². The minimum absolute atomic E-state index is 0. The molecule has 0 atom stereocenters. The maximum Gasteiger partial charge on any atom is 1.00 e. The van der Waals surface area contributed by atoms with E-state index in [0.29, 0.717) is 5.39 Å². The van der Waals surface area contributed by atoms with Crippen LogP contribution in [0.1, 0.15) is 115 Å². The number of benzene rings is 2. The van der Waals surface area contributed by atoms with Gasteiger partial charge in [-0.05, 0) is 53.6 Å². The molecule has 2 rings (SSSR count). The fourth-order valence-corrected chi connectivity index (χ4v) is 5.27. The second-order valence-electron chi connectivity index (χ2n) is 9.35. The summed E-state index contributed by atoms with van der Waals surface area (Å²) in [4.78, 5) is -0.0598. The molecule has 0 aliphatic rings. The third kappa shape index (κ3) is 11.7. The summed E-state index contributed by atoms with van der Waals surface area (Å²) in [5, 5.41) is 1.45. The fraction of sp³-hybridized carbons (Fsp3) is 0.643. The molecule has 0 saturated carbocycles. The number of unbranched alkanes of at least 4 members (excludes halogenated alkanes) is 12. The third-order valence-corrected chi connectivity index (χ3v) is 7.32. The maximum atomic E-state index is 11.9. The van der Waals surface area contributed by atoms with Gasteiger partial charge in [-0.15, -0.1) is 0 Å². The molecule has 3 nitrogen and oxygen atoms in total. The van der Waals surface area contributed by atoms with E-state index >= 15 is 0 Å². The molecule has 2 aromatic rings. The van der Waals surface area contributed by atoms with Crippen molar-refractivity contribution in [3.63, 3.8) is 0 Å². The van der Waals surface area contributed by atoms with Crippen LogP contribution < -0.4 is 29.6 Å². The van der Waals surface area contributed by atoms with Gasteiger partial charge in [0.25, 0.3) is 0 Å². The number of fused-ring (bicyclic) bond motifs is 1. The molecule has 0 spiro atoms. The molecule has 5 heteroatoms. The molecule has 0 radical (unpaired) electrons. The van der Waals surface area contributed by atoms with Crippen molar-refractivity contribution >= 4 is 20.9 Å². The second-order valence-corrected chi connectivity index (χ2v) is 10.7. The van der Waals surface area contributed by atoms with Crippen LogP contribution in [0.3, 0.4) is 0 Å². The number of hydrogen-bond donors (Lipinski definition) is 0. The summed E-state index contributed by atoms with van der Waals surface area (Å²) in [6.07, 6.45) is 19.3. The van der Waals surface area contributed by atoms with E-state index in [0.717, 1.165) is 43.1 Å². The first-order chi connectivity index (χ1) is 15.5. The molecular formula is C28H43NaO3S. The first kappa shape index (κ1) is 30.6. The van der Waals surface area contributed by atoms with Gasteiger partial charge in [-0.3, -0.25) is 0 Å². The van der Waals surface area contributed by atoms with Gasteiger partial charge in [0.2, 0.25) is 0 Å². The van der Waals surface area contributed by atoms with E-state index < -0.39 is 10.1 Å². The Hall–Kier alpha value is -0.390. The number of aryl methyl sites for hydroxylation is 2. The quantitative estimate of drug-likeness (QED) is 0.174. The Morgan fingerprint density at radius 2 is 1.09 bits per heavy atom. The molecule has 0 aliphatic heterocycles.